The van der Waals surface area contributed by atoms with Gasteiger partial charge in [0.1, 0.15) is 11.6 Å². The largest absolute Gasteiger partial charge is 0.493 e. The van der Waals surface area contributed by atoms with E-state index in [1.54, 1.807) is 18.2 Å². The molecule has 37 heavy (non-hydrogen) atoms. The molecule has 2 aliphatic rings. The highest BCUT2D eigenvalue weighted by molar-refractivity contribution is 8.16. The standard InChI is InChI=1S/C25H26N4O6S2/c1-3-33-21-16-17(11-12-20(21)35-14-8-13-34-18-9-6-5-7-10-18)15-19-22(26)29-24(27-23(19)30)36-28-25(29)37(31,32)4-2/h5-7,9-12,15-16,26H,3-4,8,13-14H2,1-2H3. The minimum absolute atomic E-state index is 0.0502. The molecule has 0 saturated carbocycles. The van der Waals surface area contributed by atoms with Crippen molar-refractivity contribution in [3.05, 3.63) is 59.7 Å². The molecule has 12 heteroatoms. The zero-order valence-corrected chi connectivity index (χ0v) is 22.0. The Bertz CT molecular complexity index is 1390. The minimum Gasteiger partial charge on any atom is -0.493 e. The monoisotopic (exact) mass is 542 g/mol. The number of carbonyl (C=O) groups is 1. The molecule has 0 radical (unpaired) electrons. The Hall–Kier alpha value is -3.64. The van der Waals surface area contributed by atoms with Crippen molar-refractivity contribution in [1.82, 2.24) is 4.90 Å². The fourth-order valence-corrected chi connectivity index (χ4v) is 5.41. The lowest BCUT2D eigenvalue weighted by atomic mass is 10.1. The second kappa shape index (κ2) is 11.6. The Morgan fingerprint density at radius 1 is 1.03 bits per heavy atom. The van der Waals surface area contributed by atoms with E-state index in [-0.39, 0.29) is 27.5 Å². The maximum absolute atomic E-state index is 12.7. The molecule has 1 N–H and O–H groups in total. The quantitative estimate of drug-likeness (QED) is 0.271. The first kappa shape index (κ1) is 26.4. The molecule has 2 heterocycles. The molecule has 0 saturated heterocycles. The van der Waals surface area contributed by atoms with Gasteiger partial charge in [0.25, 0.3) is 5.91 Å². The van der Waals surface area contributed by atoms with E-state index in [1.165, 1.54) is 13.0 Å². The Kier molecular flexibility index (Phi) is 8.29. The third-order valence-electron chi connectivity index (χ3n) is 5.29. The third kappa shape index (κ3) is 6.03. The first-order chi connectivity index (χ1) is 17.8. The highest BCUT2D eigenvalue weighted by atomic mass is 32.2. The van der Waals surface area contributed by atoms with Crippen LogP contribution in [0, 0.1) is 5.41 Å². The Labute approximate surface area is 219 Å². The van der Waals surface area contributed by atoms with E-state index in [2.05, 4.69) is 9.39 Å². The number of nitrogens with zero attached hydrogens (tertiary/aromatic N) is 3. The van der Waals surface area contributed by atoms with Crippen molar-refractivity contribution in [3.63, 3.8) is 0 Å². The van der Waals surface area contributed by atoms with Crippen LogP contribution < -0.4 is 14.2 Å². The van der Waals surface area contributed by atoms with Crippen molar-refractivity contribution in [3.8, 4) is 17.2 Å². The van der Waals surface area contributed by atoms with Gasteiger partial charge < -0.3 is 14.2 Å². The molecule has 0 atom stereocenters. The number of fused-ring (bicyclic) bond motifs is 1. The van der Waals surface area contributed by atoms with Gasteiger partial charge in [-0.25, -0.2) is 13.3 Å². The van der Waals surface area contributed by atoms with Crippen LogP contribution >= 0.6 is 11.9 Å². The first-order valence-corrected chi connectivity index (χ1v) is 14.1. The number of benzene rings is 2. The predicted octanol–water partition coefficient (Wildman–Crippen LogP) is 3.94. The van der Waals surface area contributed by atoms with E-state index < -0.39 is 15.7 Å². The summed E-state index contributed by atoms with van der Waals surface area (Å²) < 4.78 is 46.1. The summed E-state index contributed by atoms with van der Waals surface area (Å²) in [6, 6.07) is 14.7. The zero-order valence-electron chi connectivity index (χ0n) is 20.3. The molecule has 0 fully saturated rings. The van der Waals surface area contributed by atoms with Gasteiger partial charge in [0, 0.05) is 6.42 Å². The van der Waals surface area contributed by atoms with Crippen LogP contribution in [-0.4, -0.2) is 61.0 Å². The lowest BCUT2D eigenvalue weighted by Gasteiger charge is -2.24. The number of amides is 1. The average Bonchev–Trinajstić information content (AvgIpc) is 3.33. The van der Waals surface area contributed by atoms with Crippen LogP contribution in [0.15, 0.2) is 63.5 Å². The van der Waals surface area contributed by atoms with Crippen LogP contribution in [0.1, 0.15) is 25.8 Å². The third-order valence-corrected chi connectivity index (χ3v) is 7.70. The predicted molar refractivity (Wildman–Crippen MR) is 144 cm³/mol. The highest BCUT2D eigenvalue weighted by Gasteiger charge is 2.42. The number of aliphatic imine (C=N–C) groups is 1. The Morgan fingerprint density at radius 3 is 2.51 bits per heavy atom. The fourth-order valence-electron chi connectivity index (χ4n) is 3.45. The van der Waals surface area contributed by atoms with Crippen molar-refractivity contribution in [1.29, 1.82) is 5.41 Å². The molecule has 1 amide bonds. The number of ether oxygens (including phenoxy) is 3. The molecule has 0 aliphatic carbocycles. The number of para-hydroxylation sites is 1. The molecule has 0 spiro atoms. The van der Waals surface area contributed by atoms with E-state index in [9.17, 15) is 13.2 Å². The number of hydrogen-bond donors (Lipinski definition) is 1. The molecular formula is C25H26N4O6S2. The number of rotatable bonds is 10. The van der Waals surface area contributed by atoms with E-state index >= 15 is 0 Å². The van der Waals surface area contributed by atoms with E-state index in [4.69, 9.17) is 19.6 Å². The van der Waals surface area contributed by atoms with Crippen molar-refractivity contribution >= 4 is 49.9 Å². The first-order valence-electron chi connectivity index (χ1n) is 11.6. The van der Waals surface area contributed by atoms with E-state index in [1.807, 2.05) is 37.3 Å². The molecule has 10 nitrogen and oxygen atoms in total. The van der Waals surface area contributed by atoms with Gasteiger partial charge in [-0.05, 0) is 42.8 Å². The Morgan fingerprint density at radius 2 is 1.78 bits per heavy atom. The van der Waals surface area contributed by atoms with Gasteiger partial charge >= 0.3 is 0 Å². The van der Waals surface area contributed by atoms with Crippen LogP contribution in [0.4, 0.5) is 0 Å². The summed E-state index contributed by atoms with van der Waals surface area (Å²) in [5.74, 6) is 0.681. The van der Waals surface area contributed by atoms with Crippen LogP contribution in [0.3, 0.4) is 0 Å². The number of sulfone groups is 1. The number of hydrogen-bond acceptors (Lipinski definition) is 9. The van der Waals surface area contributed by atoms with Gasteiger partial charge in [-0.3, -0.25) is 10.2 Å². The maximum Gasteiger partial charge on any atom is 0.283 e. The summed E-state index contributed by atoms with van der Waals surface area (Å²) in [4.78, 5) is 17.7. The lowest BCUT2D eigenvalue weighted by Crippen LogP contribution is -2.45. The van der Waals surface area contributed by atoms with E-state index in [0.717, 1.165) is 22.6 Å². The van der Waals surface area contributed by atoms with Crippen LogP contribution in [0.2, 0.25) is 0 Å². The molecule has 2 aromatic rings. The summed E-state index contributed by atoms with van der Waals surface area (Å²) in [6.07, 6.45) is 2.14. The number of amidine groups is 3. The fraction of sp³-hybridized carbons (Fsp3) is 0.280. The highest BCUT2D eigenvalue weighted by Crippen LogP contribution is 2.32. The average molecular weight is 543 g/mol. The van der Waals surface area contributed by atoms with Crippen molar-refractivity contribution in [2.45, 2.75) is 20.3 Å². The molecule has 0 aromatic heterocycles. The molecule has 0 bridgehead atoms. The summed E-state index contributed by atoms with van der Waals surface area (Å²) >= 11 is 0.764. The van der Waals surface area contributed by atoms with Crippen molar-refractivity contribution in [2.75, 3.05) is 25.6 Å². The van der Waals surface area contributed by atoms with Crippen LogP contribution in [0.25, 0.3) is 6.08 Å². The molecule has 4 rings (SSSR count). The maximum atomic E-state index is 12.7. The minimum atomic E-state index is -3.71. The van der Waals surface area contributed by atoms with Crippen molar-refractivity contribution in [2.24, 2.45) is 9.39 Å². The summed E-state index contributed by atoms with van der Waals surface area (Å²) in [5, 5.41) is 8.29. The number of nitrogens with one attached hydrogen (secondary N) is 1. The molecule has 0 unspecified atom stereocenters. The SMILES string of the molecule is CCOc1cc(C=C2C(=N)N3C(=NC2=O)SN=C3S(=O)(=O)CC)ccc1OCCCOc1ccccc1. The summed E-state index contributed by atoms with van der Waals surface area (Å²) in [6.45, 7) is 4.64. The second-order valence-corrected chi connectivity index (χ2v) is 10.7. The van der Waals surface area contributed by atoms with Gasteiger partial charge in [-0.15, -0.1) is 0 Å². The van der Waals surface area contributed by atoms with Gasteiger partial charge in [0.2, 0.25) is 20.2 Å². The molecule has 2 aliphatic heterocycles. The number of carbonyl (C=O) groups excluding carboxylic acids is 1. The van der Waals surface area contributed by atoms with Crippen LogP contribution in [-0.2, 0) is 14.6 Å². The van der Waals surface area contributed by atoms with Gasteiger partial charge in [0.15, 0.2) is 11.5 Å². The van der Waals surface area contributed by atoms with E-state index in [0.29, 0.717) is 43.3 Å². The summed E-state index contributed by atoms with van der Waals surface area (Å²) in [5.41, 5.74) is 0.512. The normalized spacial score (nSPS) is 16.4. The smallest absolute Gasteiger partial charge is 0.283 e. The molecule has 194 valence electrons. The Balaban J connectivity index is 1.48. The van der Waals surface area contributed by atoms with Gasteiger partial charge in [0.05, 0.1) is 43.1 Å². The van der Waals surface area contributed by atoms with Crippen molar-refractivity contribution < 1.29 is 27.4 Å². The zero-order chi connectivity index (χ0) is 26.4. The topological polar surface area (TPSA) is 131 Å². The second-order valence-electron chi connectivity index (χ2n) is 7.81. The molecule has 2 aromatic carbocycles. The van der Waals surface area contributed by atoms with Gasteiger partial charge in [-0.2, -0.15) is 9.39 Å². The summed E-state index contributed by atoms with van der Waals surface area (Å²) in [7, 11) is -3.71. The van der Waals surface area contributed by atoms with Gasteiger partial charge in [-0.1, -0.05) is 31.2 Å². The van der Waals surface area contributed by atoms with Crippen LogP contribution in [0.5, 0.6) is 17.2 Å². The molecular weight excluding hydrogens is 516 g/mol. The lowest BCUT2D eigenvalue weighted by molar-refractivity contribution is -0.114.